The van der Waals surface area contributed by atoms with E-state index in [9.17, 15) is 19.2 Å². The molecule has 196 valence electrons. The van der Waals surface area contributed by atoms with Gasteiger partial charge in [-0.05, 0) is 19.8 Å². The number of carbonyl (C=O) groups is 4. The van der Waals surface area contributed by atoms with Crippen LogP contribution in [0, 0.1) is 17.8 Å². The van der Waals surface area contributed by atoms with Crippen molar-refractivity contribution in [2.24, 2.45) is 17.8 Å². The van der Waals surface area contributed by atoms with Gasteiger partial charge in [-0.25, -0.2) is 0 Å². The molecule has 0 aromatic carbocycles. The van der Waals surface area contributed by atoms with Crippen molar-refractivity contribution in [2.45, 2.75) is 74.7 Å². The molecule has 0 radical (unpaired) electrons. The molecule has 2 atom stereocenters. The largest absolute Gasteiger partial charge is 0.469 e. The van der Waals surface area contributed by atoms with Gasteiger partial charge < -0.3 is 24.1 Å². The fraction of sp³-hybridized carbons (Fsp3) is 0.750. The minimum atomic E-state index is -0.517. The molecular formula is C24H46O9. The quantitative estimate of drug-likeness (QED) is 0.214. The van der Waals surface area contributed by atoms with Gasteiger partial charge in [-0.3, -0.25) is 19.2 Å². The third kappa shape index (κ3) is 31.8. The summed E-state index contributed by atoms with van der Waals surface area (Å²) < 4.78 is 17.9. The van der Waals surface area contributed by atoms with E-state index in [1.54, 1.807) is 41.5 Å². The molecule has 0 aliphatic carbocycles. The fourth-order valence-corrected chi connectivity index (χ4v) is 1.38. The van der Waals surface area contributed by atoms with Crippen LogP contribution in [0.3, 0.4) is 0 Å². The SMILES string of the molecule is C=CC(C)CC.CC(C)C(=O)OCO.CCC(=O)OC.CCOC(=O)CC(C)C(=O)OCC. The molecule has 0 rings (SSSR count). The molecule has 0 amide bonds. The lowest BCUT2D eigenvalue weighted by Crippen LogP contribution is -2.19. The monoisotopic (exact) mass is 478 g/mol. The molecule has 0 fully saturated rings. The van der Waals surface area contributed by atoms with Gasteiger partial charge in [0.15, 0.2) is 6.79 Å². The lowest BCUT2D eigenvalue weighted by Gasteiger charge is -2.08. The minimum absolute atomic E-state index is 0.0900. The summed E-state index contributed by atoms with van der Waals surface area (Å²) in [6, 6.07) is 0. The zero-order chi connectivity index (χ0) is 26.8. The van der Waals surface area contributed by atoms with Crippen molar-refractivity contribution in [1.82, 2.24) is 0 Å². The van der Waals surface area contributed by atoms with Gasteiger partial charge >= 0.3 is 23.9 Å². The predicted octanol–water partition coefficient (Wildman–Crippen LogP) is 4.06. The summed E-state index contributed by atoms with van der Waals surface area (Å²) in [5.74, 6) is -1.10. The van der Waals surface area contributed by atoms with Gasteiger partial charge in [0.25, 0.3) is 0 Å². The molecule has 0 aliphatic rings. The van der Waals surface area contributed by atoms with E-state index in [1.807, 2.05) is 6.08 Å². The van der Waals surface area contributed by atoms with Crippen LogP contribution < -0.4 is 0 Å². The Morgan fingerprint density at radius 2 is 1.36 bits per heavy atom. The highest BCUT2D eigenvalue weighted by molar-refractivity contribution is 5.79. The van der Waals surface area contributed by atoms with Crippen LogP contribution in [0.4, 0.5) is 0 Å². The van der Waals surface area contributed by atoms with Gasteiger partial charge in [0, 0.05) is 6.42 Å². The molecule has 0 aliphatic heterocycles. The molecule has 0 saturated heterocycles. The van der Waals surface area contributed by atoms with Gasteiger partial charge in [0.2, 0.25) is 0 Å². The molecule has 1 N–H and O–H groups in total. The molecule has 9 nitrogen and oxygen atoms in total. The van der Waals surface area contributed by atoms with Crippen molar-refractivity contribution in [3.8, 4) is 0 Å². The molecular weight excluding hydrogens is 432 g/mol. The summed E-state index contributed by atoms with van der Waals surface area (Å²) in [7, 11) is 1.38. The molecule has 0 heterocycles. The topological polar surface area (TPSA) is 125 Å². The van der Waals surface area contributed by atoms with Crippen molar-refractivity contribution >= 4 is 23.9 Å². The van der Waals surface area contributed by atoms with Gasteiger partial charge in [-0.1, -0.05) is 54.0 Å². The summed E-state index contributed by atoms with van der Waals surface area (Å²) in [5.41, 5.74) is 0. The number of rotatable bonds is 10. The van der Waals surface area contributed by atoms with Gasteiger partial charge in [0.1, 0.15) is 0 Å². The summed E-state index contributed by atoms with van der Waals surface area (Å²) in [4.78, 5) is 42.3. The molecule has 0 spiro atoms. The second-order valence-electron chi connectivity index (χ2n) is 6.96. The fourth-order valence-electron chi connectivity index (χ4n) is 1.38. The number of carbonyl (C=O) groups excluding carboxylic acids is 4. The van der Waals surface area contributed by atoms with Gasteiger partial charge in [0.05, 0.1) is 38.6 Å². The highest BCUT2D eigenvalue weighted by atomic mass is 16.6. The maximum atomic E-state index is 11.1. The lowest BCUT2D eigenvalue weighted by molar-refractivity contribution is -0.155. The first-order valence-electron chi connectivity index (χ1n) is 11.2. The predicted molar refractivity (Wildman–Crippen MR) is 127 cm³/mol. The highest BCUT2D eigenvalue weighted by Crippen LogP contribution is 2.05. The Labute approximate surface area is 199 Å². The Morgan fingerprint density at radius 1 is 0.848 bits per heavy atom. The normalized spacial score (nSPS) is 10.9. The number of aliphatic hydroxyl groups is 1. The first kappa shape index (κ1) is 37.9. The van der Waals surface area contributed by atoms with E-state index in [0.717, 1.165) is 0 Å². The second-order valence-corrected chi connectivity index (χ2v) is 6.96. The van der Waals surface area contributed by atoms with E-state index >= 15 is 0 Å². The molecule has 0 bridgehead atoms. The summed E-state index contributed by atoms with van der Waals surface area (Å²) in [6.07, 6.45) is 3.74. The summed E-state index contributed by atoms with van der Waals surface area (Å²) >= 11 is 0. The van der Waals surface area contributed by atoms with E-state index < -0.39 is 12.7 Å². The number of methoxy groups -OCH3 is 1. The lowest BCUT2D eigenvalue weighted by atomic mass is 10.1. The molecule has 9 heteroatoms. The zero-order valence-electron chi connectivity index (χ0n) is 22.0. The number of esters is 4. The van der Waals surface area contributed by atoms with E-state index in [2.05, 4.69) is 29.9 Å². The van der Waals surface area contributed by atoms with Crippen LogP contribution in [-0.4, -0.2) is 56.1 Å². The Balaban J connectivity index is -0.000000181. The number of hydrogen-bond acceptors (Lipinski definition) is 9. The molecule has 0 aromatic rings. The van der Waals surface area contributed by atoms with Crippen molar-refractivity contribution in [3.05, 3.63) is 12.7 Å². The zero-order valence-corrected chi connectivity index (χ0v) is 22.0. The van der Waals surface area contributed by atoms with Crippen LogP contribution in [0.25, 0.3) is 0 Å². The minimum Gasteiger partial charge on any atom is -0.469 e. The van der Waals surface area contributed by atoms with Crippen molar-refractivity contribution in [2.75, 3.05) is 27.1 Å². The van der Waals surface area contributed by atoms with Crippen LogP contribution >= 0.6 is 0 Å². The summed E-state index contributed by atoms with van der Waals surface area (Å²) in [6.45, 7) is 18.4. The standard InChI is InChI=1S/C9H16O4.C6H12.C5H10O3.C4H8O2/c1-4-12-8(10)6-7(3)9(11)13-5-2;1-4-6(3)5-2;1-4(2)5(7)8-3-6;1-3-4(5)6-2/h7H,4-6H2,1-3H3;4,6H,1,5H2,2-3H3;4,6H,3H2,1-2H3;3H2,1-2H3. The van der Waals surface area contributed by atoms with E-state index in [-0.39, 0.29) is 36.2 Å². The summed E-state index contributed by atoms with van der Waals surface area (Å²) in [5, 5.41) is 8.04. The highest BCUT2D eigenvalue weighted by Gasteiger charge is 2.18. The molecule has 0 aromatic heterocycles. The Bertz CT molecular complexity index is 510. The van der Waals surface area contributed by atoms with Crippen molar-refractivity contribution < 1.29 is 43.2 Å². The average molecular weight is 479 g/mol. The maximum absolute atomic E-state index is 11.1. The van der Waals surface area contributed by atoms with Crippen LogP contribution in [0.15, 0.2) is 12.7 Å². The van der Waals surface area contributed by atoms with Crippen molar-refractivity contribution in [1.29, 1.82) is 0 Å². The Kier molecular flexibility index (Phi) is 31.7. The van der Waals surface area contributed by atoms with Crippen molar-refractivity contribution in [3.63, 3.8) is 0 Å². The first-order valence-corrected chi connectivity index (χ1v) is 11.2. The van der Waals surface area contributed by atoms with Crippen LogP contribution in [0.2, 0.25) is 0 Å². The Hall–Kier alpha value is -2.42. The van der Waals surface area contributed by atoms with Crippen LogP contribution in [0.1, 0.15) is 74.7 Å². The first-order chi connectivity index (χ1) is 15.4. The molecule has 2 unspecified atom stereocenters. The Morgan fingerprint density at radius 3 is 1.58 bits per heavy atom. The van der Waals surface area contributed by atoms with Crippen LogP contribution in [-0.2, 0) is 38.1 Å². The number of aliphatic hydroxyl groups excluding tert-OH is 1. The van der Waals surface area contributed by atoms with Gasteiger partial charge in [-0.15, -0.1) is 6.58 Å². The van der Waals surface area contributed by atoms with E-state index in [4.69, 9.17) is 14.6 Å². The maximum Gasteiger partial charge on any atom is 0.310 e. The third-order valence-electron chi connectivity index (χ3n) is 3.71. The molecule has 33 heavy (non-hydrogen) atoms. The van der Waals surface area contributed by atoms with E-state index in [0.29, 0.717) is 25.6 Å². The van der Waals surface area contributed by atoms with Gasteiger partial charge in [-0.2, -0.15) is 0 Å². The van der Waals surface area contributed by atoms with Crippen LogP contribution in [0.5, 0.6) is 0 Å². The molecule has 0 saturated carbocycles. The number of ether oxygens (including phenoxy) is 4. The number of allylic oxidation sites excluding steroid dienone is 1. The number of hydrogen-bond donors (Lipinski definition) is 1. The second kappa shape index (κ2) is 27.6. The smallest absolute Gasteiger partial charge is 0.310 e. The average Bonchev–Trinajstić information content (AvgIpc) is 2.79. The third-order valence-corrected chi connectivity index (χ3v) is 3.71. The van der Waals surface area contributed by atoms with E-state index in [1.165, 1.54) is 13.5 Å².